The summed E-state index contributed by atoms with van der Waals surface area (Å²) < 4.78 is 38.2. The van der Waals surface area contributed by atoms with Crippen molar-refractivity contribution in [2.75, 3.05) is 79.3 Å². The molecule has 9 nitrogen and oxygen atoms in total. The third kappa shape index (κ3) is 42.8. The van der Waals surface area contributed by atoms with E-state index in [1.807, 2.05) is 0 Å². The molecule has 0 N–H and O–H groups in total. The summed E-state index contributed by atoms with van der Waals surface area (Å²) in [5.74, 6) is -0.239. The lowest BCUT2D eigenvalue weighted by atomic mass is 10.1. The molecule has 0 radical (unpaired) electrons. The first-order valence-electron chi connectivity index (χ1n) is 20.4. The summed E-state index contributed by atoms with van der Waals surface area (Å²) in [7, 11) is 0. The second kappa shape index (κ2) is 42.9. The Hall–Kier alpha value is -1.26. The summed E-state index contributed by atoms with van der Waals surface area (Å²) in [6, 6.07) is 0. The smallest absolute Gasteiger partial charge is 0.305 e. The van der Waals surface area contributed by atoms with Gasteiger partial charge in [0.1, 0.15) is 13.2 Å². The molecule has 0 bridgehead atoms. The molecule has 292 valence electrons. The molecule has 0 aromatic heterocycles. The third-order valence-electron chi connectivity index (χ3n) is 8.39. The average molecular weight is 703 g/mol. The molecule has 0 aliphatic carbocycles. The molecule has 9 heteroatoms. The van der Waals surface area contributed by atoms with Crippen LogP contribution in [0.25, 0.3) is 0 Å². The van der Waals surface area contributed by atoms with Crippen molar-refractivity contribution < 1.29 is 42.7 Å². The normalized spacial score (nSPS) is 11.3. The predicted molar refractivity (Wildman–Crippen MR) is 198 cm³/mol. The van der Waals surface area contributed by atoms with Gasteiger partial charge >= 0.3 is 11.9 Å². The van der Waals surface area contributed by atoms with E-state index in [1.54, 1.807) is 0 Å². The van der Waals surface area contributed by atoms with Gasteiger partial charge < -0.3 is 33.2 Å². The molecule has 0 saturated carbocycles. The van der Waals surface area contributed by atoms with Gasteiger partial charge in [0.25, 0.3) is 0 Å². The van der Waals surface area contributed by atoms with E-state index in [2.05, 4.69) is 13.8 Å². The molecule has 0 unspecified atom stereocenters. The average Bonchev–Trinajstić information content (AvgIpc) is 3.10. The third-order valence-corrected chi connectivity index (χ3v) is 8.39. The Morgan fingerprint density at radius 3 is 0.857 bits per heavy atom. The van der Waals surface area contributed by atoms with Gasteiger partial charge in [0.05, 0.1) is 52.9 Å². The van der Waals surface area contributed by atoms with E-state index in [-0.39, 0.29) is 11.9 Å². The molecule has 0 aromatic carbocycles. The van der Waals surface area contributed by atoms with Crippen LogP contribution in [-0.2, 0) is 42.7 Å². The molecule has 0 fully saturated rings. The van der Waals surface area contributed by atoms with Crippen molar-refractivity contribution in [1.29, 1.82) is 0 Å². The van der Waals surface area contributed by atoms with Gasteiger partial charge in [-0.3, -0.25) is 9.59 Å². The van der Waals surface area contributed by atoms with E-state index in [9.17, 15) is 9.59 Å². The Morgan fingerprint density at radius 2 is 0.531 bits per heavy atom. The van der Waals surface area contributed by atoms with Crippen molar-refractivity contribution in [3.8, 4) is 0 Å². The molecule has 0 heterocycles. The van der Waals surface area contributed by atoms with Crippen molar-refractivity contribution >= 4 is 11.9 Å². The van der Waals surface area contributed by atoms with E-state index in [4.69, 9.17) is 33.2 Å². The maximum absolute atomic E-state index is 11.8. The molecule has 0 saturated heterocycles. The highest BCUT2D eigenvalue weighted by Crippen LogP contribution is 2.12. The van der Waals surface area contributed by atoms with E-state index >= 15 is 0 Å². The fourth-order valence-corrected chi connectivity index (χ4v) is 5.36. The molecule has 0 aliphatic heterocycles. The molecule has 49 heavy (non-hydrogen) atoms. The second-order valence-electron chi connectivity index (χ2n) is 13.1. The molecule has 0 atom stereocenters. The maximum atomic E-state index is 11.8. The number of hydrogen-bond acceptors (Lipinski definition) is 9. The summed E-state index contributed by atoms with van der Waals surface area (Å²) in [5.41, 5.74) is 0. The highest BCUT2D eigenvalue weighted by Gasteiger charge is 2.04. The van der Waals surface area contributed by atoms with Crippen molar-refractivity contribution in [1.82, 2.24) is 0 Å². The predicted octanol–water partition coefficient (Wildman–Crippen LogP) is 9.56. The minimum Gasteiger partial charge on any atom is -0.463 e. The lowest BCUT2D eigenvalue weighted by molar-refractivity contribution is -0.146. The lowest BCUT2D eigenvalue weighted by Gasteiger charge is -2.08. The Balaban J connectivity index is 3.17. The van der Waals surface area contributed by atoms with Crippen molar-refractivity contribution in [2.45, 2.75) is 168 Å². The highest BCUT2D eigenvalue weighted by molar-refractivity contribution is 5.69. The van der Waals surface area contributed by atoms with Crippen LogP contribution in [-0.4, -0.2) is 91.2 Å². The lowest BCUT2D eigenvalue weighted by Crippen LogP contribution is -2.14. The summed E-state index contributed by atoms with van der Waals surface area (Å²) in [4.78, 5) is 23.6. The fraction of sp³-hybridized carbons (Fsp3) is 0.950. The monoisotopic (exact) mass is 703 g/mol. The molecule has 0 spiro atoms. The van der Waals surface area contributed by atoms with Crippen LogP contribution in [0.1, 0.15) is 168 Å². The Kier molecular flexibility index (Phi) is 41.8. The minimum atomic E-state index is -0.124. The van der Waals surface area contributed by atoms with Gasteiger partial charge in [-0.15, -0.1) is 0 Å². The largest absolute Gasteiger partial charge is 0.463 e. The van der Waals surface area contributed by atoms with Crippen molar-refractivity contribution in [2.24, 2.45) is 0 Å². The number of carbonyl (C=O) groups is 2. The number of rotatable bonds is 42. The molecular formula is C40H78O9. The van der Waals surface area contributed by atoms with Crippen LogP contribution in [0.3, 0.4) is 0 Å². The van der Waals surface area contributed by atoms with Crippen LogP contribution in [0, 0.1) is 0 Å². The molecule has 0 aromatic rings. The van der Waals surface area contributed by atoms with Crippen molar-refractivity contribution in [3.05, 3.63) is 0 Å². The van der Waals surface area contributed by atoms with Crippen LogP contribution in [0.2, 0.25) is 0 Å². The maximum Gasteiger partial charge on any atom is 0.305 e. The Labute approximate surface area is 301 Å². The number of unbranched alkanes of at least 4 members (excludes halogenated alkanes) is 19. The van der Waals surface area contributed by atoms with Crippen LogP contribution >= 0.6 is 0 Å². The van der Waals surface area contributed by atoms with Gasteiger partial charge in [-0.05, 0) is 25.7 Å². The first-order valence-corrected chi connectivity index (χ1v) is 20.4. The molecule has 0 aliphatic rings. The number of esters is 2. The zero-order chi connectivity index (χ0) is 35.6. The summed E-state index contributed by atoms with van der Waals surface area (Å²) in [6.07, 6.45) is 27.7. The molecule has 0 rings (SSSR count). The zero-order valence-corrected chi connectivity index (χ0v) is 32.1. The van der Waals surface area contributed by atoms with Crippen molar-refractivity contribution in [3.63, 3.8) is 0 Å². The summed E-state index contributed by atoms with van der Waals surface area (Å²) in [5, 5.41) is 0. The van der Waals surface area contributed by atoms with Gasteiger partial charge in [0, 0.05) is 26.1 Å². The first kappa shape index (κ1) is 47.7. The van der Waals surface area contributed by atoms with E-state index in [0.29, 0.717) is 78.9 Å². The van der Waals surface area contributed by atoms with E-state index in [1.165, 1.54) is 89.9 Å². The van der Waals surface area contributed by atoms with Crippen LogP contribution in [0.5, 0.6) is 0 Å². The fourth-order valence-electron chi connectivity index (χ4n) is 5.36. The van der Waals surface area contributed by atoms with Crippen LogP contribution in [0.4, 0.5) is 0 Å². The van der Waals surface area contributed by atoms with Crippen LogP contribution in [0.15, 0.2) is 0 Å². The van der Waals surface area contributed by atoms with Gasteiger partial charge in [0.2, 0.25) is 0 Å². The van der Waals surface area contributed by atoms with Gasteiger partial charge in [-0.1, -0.05) is 129 Å². The van der Waals surface area contributed by atoms with Gasteiger partial charge in [-0.25, -0.2) is 0 Å². The Bertz CT molecular complexity index is 608. The topological polar surface area (TPSA) is 98.8 Å². The summed E-state index contributed by atoms with van der Waals surface area (Å²) in [6.45, 7) is 10.6. The van der Waals surface area contributed by atoms with E-state index in [0.717, 1.165) is 64.6 Å². The molecular weight excluding hydrogens is 624 g/mol. The highest BCUT2D eigenvalue weighted by atomic mass is 16.6. The summed E-state index contributed by atoms with van der Waals surface area (Å²) >= 11 is 0. The number of ether oxygens (including phenoxy) is 7. The minimum absolute atomic E-state index is 0.116. The first-order chi connectivity index (χ1) is 24.2. The second-order valence-corrected chi connectivity index (χ2v) is 13.1. The standard InChI is InChI=1S/C40H78O9/c1-3-5-7-9-11-13-15-17-21-25-39(41)48-37-35-46-32-30-44-28-24-20-19-23-27-43-29-31-45-33-34-47-36-38-49-40(42)26-22-18-16-14-12-10-8-6-4-2/h3-38H2,1-2H3. The number of hydrogen-bond donors (Lipinski definition) is 0. The van der Waals surface area contributed by atoms with Gasteiger partial charge in [-0.2, -0.15) is 0 Å². The van der Waals surface area contributed by atoms with Gasteiger partial charge in [0.15, 0.2) is 0 Å². The quantitative estimate of drug-likeness (QED) is 0.0455. The zero-order valence-electron chi connectivity index (χ0n) is 32.1. The van der Waals surface area contributed by atoms with Crippen LogP contribution < -0.4 is 0 Å². The van der Waals surface area contributed by atoms with E-state index < -0.39 is 0 Å². The number of carbonyl (C=O) groups excluding carboxylic acids is 2. The Morgan fingerprint density at radius 1 is 0.286 bits per heavy atom. The molecule has 0 amide bonds. The SMILES string of the molecule is CCCCCCCCCCCC(=O)OCCOCCOCCCCCCOCCOCCOCCOC(=O)CCCCCCCCCCC.